The van der Waals surface area contributed by atoms with Crippen LogP contribution in [0.5, 0.6) is 11.8 Å². The third-order valence-corrected chi connectivity index (χ3v) is 1.49. The first-order valence-corrected chi connectivity index (χ1v) is 4.21. The Morgan fingerprint density at radius 3 is 2.57 bits per heavy atom. The van der Waals surface area contributed by atoms with E-state index in [9.17, 15) is 4.79 Å². The van der Waals surface area contributed by atoms with E-state index in [-0.39, 0.29) is 11.8 Å². The molecule has 0 atom stereocenters. The van der Waals surface area contributed by atoms with Crippen LogP contribution in [0.1, 0.15) is 13.3 Å². The minimum atomic E-state index is -0.728. The van der Waals surface area contributed by atoms with Gasteiger partial charge in [0.1, 0.15) is 0 Å². The summed E-state index contributed by atoms with van der Waals surface area (Å²) >= 11 is 0. The van der Waals surface area contributed by atoms with Crippen LogP contribution in [-0.2, 0) is 0 Å². The first-order chi connectivity index (χ1) is 6.65. The zero-order valence-electron chi connectivity index (χ0n) is 7.73. The molecule has 78 valence electrons. The molecule has 1 amide bonds. The molecule has 6 heteroatoms. The van der Waals surface area contributed by atoms with E-state index in [4.69, 9.17) is 10.2 Å². The van der Waals surface area contributed by atoms with Gasteiger partial charge in [-0.25, -0.2) is 4.79 Å². The second-order valence-electron chi connectivity index (χ2n) is 2.65. The quantitative estimate of drug-likeness (QED) is 0.661. The molecular weight excluding hydrogens is 188 g/mol. The lowest BCUT2D eigenvalue weighted by Gasteiger charge is -2.07. The van der Waals surface area contributed by atoms with Gasteiger partial charge in [0.25, 0.3) is 0 Å². The predicted molar refractivity (Wildman–Crippen MR) is 48.0 cm³/mol. The Hall–Kier alpha value is -1.85. The molecule has 1 aromatic rings. The number of amides is 1. The molecule has 0 radical (unpaired) electrons. The molecular formula is C8H12N2O4. The summed E-state index contributed by atoms with van der Waals surface area (Å²) in [5.41, 5.74) is 0. The Morgan fingerprint density at radius 2 is 2.07 bits per heavy atom. The van der Waals surface area contributed by atoms with Gasteiger partial charge in [-0.1, -0.05) is 6.92 Å². The lowest BCUT2D eigenvalue weighted by molar-refractivity contribution is 0.108. The maximum Gasteiger partial charge on any atom is 0.432 e. The molecule has 0 aromatic carbocycles. The van der Waals surface area contributed by atoms with Gasteiger partial charge in [-0.2, -0.15) is 0 Å². The number of aromatic hydroxyl groups is 2. The summed E-state index contributed by atoms with van der Waals surface area (Å²) in [7, 11) is 0. The fraction of sp³-hybridized carbons (Fsp3) is 0.375. The molecule has 0 spiro atoms. The molecule has 0 unspecified atom stereocenters. The minimum Gasteiger partial charge on any atom is -0.492 e. The molecule has 1 rings (SSSR count). The summed E-state index contributed by atoms with van der Waals surface area (Å²) in [6.45, 7) is 2.37. The van der Waals surface area contributed by atoms with Crippen LogP contribution in [0.2, 0.25) is 0 Å². The number of nitrogens with zero attached hydrogens (tertiary/aromatic N) is 1. The Labute approximate surface area is 80.7 Å². The molecule has 0 aliphatic carbocycles. The number of hydrogen-bond acceptors (Lipinski definition) is 4. The first-order valence-electron chi connectivity index (χ1n) is 4.21. The maximum atomic E-state index is 11.0. The fourth-order valence-electron chi connectivity index (χ4n) is 0.838. The number of rotatable bonds is 3. The first kappa shape index (κ1) is 10.2. The van der Waals surface area contributed by atoms with Gasteiger partial charge in [-0.05, 0) is 6.42 Å². The molecule has 1 aromatic heterocycles. The largest absolute Gasteiger partial charge is 0.492 e. The Kier molecular flexibility index (Phi) is 3.22. The van der Waals surface area contributed by atoms with Crippen molar-refractivity contribution in [3.63, 3.8) is 0 Å². The number of nitrogens with one attached hydrogen (secondary N) is 1. The van der Waals surface area contributed by atoms with Crippen LogP contribution in [0.25, 0.3) is 0 Å². The summed E-state index contributed by atoms with van der Waals surface area (Å²) in [4.78, 5) is 15.6. The standard InChI is InChI=1S/C8H12N2O4/c1-2-5-9-8(13)14-10-6(11)3-4-7(10)12/h3-4,11-12H,2,5H2,1H3,(H,9,13). The topological polar surface area (TPSA) is 83.7 Å². The Morgan fingerprint density at radius 1 is 1.50 bits per heavy atom. The number of carbonyl (C=O) groups excluding carboxylic acids is 1. The van der Waals surface area contributed by atoms with Gasteiger partial charge in [0.15, 0.2) is 0 Å². The highest BCUT2D eigenvalue weighted by molar-refractivity contribution is 5.67. The minimum absolute atomic E-state index is 0.339. The van der Waals surface area contributed by atoms with E-state index in [1.807, 2.05) is 6.92 Å². The maximum absolute atomic E-state index is 11.0. The average Bonchev–Trinajstić information content (AvgIpc) is 2.46. The Balaban J connectivity index is 2.55. The third kappa shape index (κ3) is 2.32. The molecule has 14 heavy (non-hydrogen) atoms. The van der Waals surface area contributed by atoms with Crippen LogP contribution in [0.4, 0.5) is 4.79 Å². The highest BCUT2D eigenvalue weighted by Crippen LogP contribution is 2.18. The highest BCUT2D eigenvalue weighted by Gasteiger charge is 2.10. The molecule has 6 nitrogen and oxygen atoms in total. The molecule has 0 saturated carbocycles. The second kappa shape index (κ2) is 4.40. The normalized spacial score (nSPS) is 9.79. The molecule has 0 bridgehead atoms. The lowest BCUT2D eigenvalue weighted by atomic mass is 10.5. The van der Waals surface area contributed by atoms with Gasteiger partial charge in [0.05, 0.1) is 0 Å². The highest BCUT2D eigenvalue weighted by atomic mass is 16.7. The van der Waals surface area contributed by atoms with Gasteiger partial charge in [-0.15, -0.1) is 4.73 Å². The van der Waals surface area contributed by atoms with Crippen LogP contribution in [0.3, 0.4) is 0 Å². The van der Waals surface area contributed by atoms with E-state index < -0.39 is 6.09 Å². The van der Waals surface area contributed by atoms with Gasteiger partial charge >= 0.3 is 6.09 Å². The summed E-state index contributed by atoms with van der Waals surface area (Å²) in [6, 6.07) is 2.42. The number of aromatic nitrogens is 1. The third-order valence-electron chi connectivity index (χ3n) is 1.49. The summed E-state index contributed by atoms with van der Waals surface area (Å²) in [5.74, 6) is -0.678. The van der Waals surface area contributed by atoms with Crippen molar-refractivity contribution in [2.75, 3.05) is 6.54 Å². The summed E-state index contributed by atoms with van der Waals surface area (Å²) in [6.07, 6.45) is 0.0484. The van der Waals surface area contributed by atoms with Crippen molar-refractivity contribution in [3.8, 4) is 11.8 Å². The zero-order valence-corrected chi connectivity index (χ0v) is 7.73. The van der Waals surface area contributed by atoms with Crippen LogP contribution >= 0.6 is 0 Å². The van der Waals surface area contributed by atoms with E-state index in [1.165, 1.54) is 12.1 Å². The molecule has 0 aliphatic heterocycles. The smallest absolute Gasteiger partial charge is 0.432 e. The molecule has 0 aliphatic rings. The monoisotopic (exact) mass is 200 g/mol. The van der Waals surface area contributed by atoms with Crippen molar-refractivity contribution in [2.24, 2.45) is 0 Å². The van der Waals surface area contributed by atoms with E-state index >= 15 is 0 Å². The van der Waals surface area contributed by atoms with Crippen molar-refractivity contribution >= 4 is 6.09 Å². The van der Waals surface area contributed by atoms with E-state index in [0.717, 1.165) is 6.42 Å². The van der Waals surface area contributed by atoms with Crippen LogP contribution in [-0.4, -0.2) is 27.6 Å². The number of carbonyl (C=O) groups is 1. The van der Waals surface area contributed by atoms with Crippen LogP contribution in [0.15, 0.2) is 12.1 Å². The lowest BCUT2D eigenvalue weighted by Crippen LogP contribution is -2.32. The van der Waals surface area contributed by atoms with Gasteiger partial charge < -0.3 is 20.4 Å². The second-order valence-corrected chi connectivity index (χ2v) is 2.65. The fourth-order valence-corrected chi connectivity index (χ4v) is 0.838. The van der Waals surface area contributed by atoms with Crippen molar-refractivity contribution in [3.05, 3.63) is 12.1 Å². The summed E-state index contributed by atoms with van der Waals surface area (Å²) < 4.78 is 0.630. The predicted octanol–water partition coefficient (Wildman–Crippen LogP) is 0.447. The molecule has 0 fully saturated rings. The van der Waals surface area contributed by atoms with E-state index in [0.29, 0.717) is 11.3 Å². The van der Waals surface area contributed by atoms with Crippen LogP contribution < -0.4 is 10.2 Å². The van der Waals surface area contributed by atoms with E-state index in [2.05, 4.69) is 10.2 Å². The van der Waals surface area contributed by atoms with Gasteiger partial charge in [0, 0.05) is 18.7 Å². The van der Waals surface area contributed by atoms with Crippen LogP contribution in [0, 0.1) is 0 Å². The summed E-state index contributed by atoms with van der Waals surface area (Å²) in [5, 5.41) is 20.6. The van der Waals surface area contributed by atoms with Crippen molar-refractivity contribution < 1.29 is 19.8 Å². The van der Waals surface area contributed by atoms with Crippen molar-refractivity contribution in [1.82, 2.24) is 10.0 Å². The van der Waals surface area contributed by atoms with Crippen molar-refractivity contribution in [1.29, 1.82) is 0 Å². The average molecular weight is 200 g/mol. The SMILES string of the molecule is CCCNC(=O)On1c(O)ccc1O. The van der Waals surface area contributed by atoms with Gasteiger partial charge in [-0.3, -0.25) is 0 Å². The van der Waals surface area contributed by atoms with Gasteiger partial charge in [0.2, 0.25) is 11.8 Å². The Bertz CT molecular complexity index is 302. The van der Waals surface area contributed by atoms with Crippen molar-refractivity contribution in [2.45, 2.75) is 13.3 Å². The molecule has 0 saturated heterocycles. The molecule has 3 N–H and O–H groups in total. The zero-order chi connectivity index (χ0) is 10.6. The van der Waals surface area contributed by atoms with E-state index in [1.54, 1.807) is 0 Å². The number of hydrogen-bond donors (Lipinski definition) is 3. The molecule has 1 heterocycles.